The van der Waals surface area contributed by atoms with Crippen LogP contribution in [0.2, 0.25) is 0 Å². The highest BCUT2D eigenvalue weighted by Gasteiger charge is 2.31. The third kappa shape index (κ3) is 4.22. The van der Waals surface area contributed by atoms with Gasteiger partial charge in [-0.25, -0.2) is 19.7 Å². The summed E-state index contributed by atoms with van der Waals surface area (Å²) < 4.78 is 11.4. The number of carbonyl (C=O) groups excluding carboxylic acids is 1. The van der Waals surface area contributed by atoms with E-state index in [9.17, 15) is 9.59 Å². The quantitative estimate of drug-likeness (QED) is 0.863. The number of nitrogens with one attached hydrogen (secondary N) is 2. The van der Waals surface area contributed by atoms with Gasteiger partial charge in [0, 0.05) is 18.5 Å². The number of aromatic nitrogens is 4. The van der Waals surface area contributed by atoms with Crippen LogP contribution in [0.3, 0.4) is 0 Å². The Morgan fingerprint density at radius 1 is 1.35 bits per heavy atom. The van der Waals surface area contributed by atoms with Gasteiger partial charge in [-0.15, -0.1) is 0 Å². The van der Waals surface area contributed by atoms with Crippen LogP contribution >= 0.6 is 0 Å². The Bertz CT molecular complexity index is 851. The van der Waals surface area contributed by atoms with E-state index in [1.165, 1.54) is 0 Å². The first-order valence-corrected chi connectivity index (χ1v) is 8.48. The van der Waals surface area contributed by atoms with Crippen LogP contribution in [0.1, 0.15) is 32.8 Å². The summed E-state index contributed by atoms with van der Waals surface area (Å²) in [4.78, 5) is 32.0. The van der Waals surface area contributed by atoms with Gasteiger partial charge in [0.25, 0.3) is 0 Å². The van der Waals surface area contributed by atoms with Gasteiger partial charge in [-0.3, -0.25) is 4.98 Å². The van der Waals surface area contributed by atoms with Crippen molar-refractivity contribution in [2.24, 2.45) is 0 Å². The lowest BCUT2D eigenvalue weighted by Gasteiger charge is -2.24. The van der Waals surface area contributed by atoms with Crippen molar-refractivity contribution in [1.29, 1.82) is 0 Å². The summed E-state index contributed by atoms with van der Waals surface area (Å²) in [6.07, 6.45) is 0.197. The number of amides is 1. The molecule has 0 aromatic carbocycles. The topological polar surface area (TPSA) is 113 Å². The molecule has 1 aliphatic heterocycles. The summed E-state index contributed by atoms with van der Waals surface area (Å²) in [6, 6.07) is 3.61. The predicted molar refractivity (Wildman–Crippen MR) is 94.0 cm³/mol. The zero-order valence-electron chi connectivity index (χ0n) is 15.3. The molecule has 2 aromatic rings. The minimum Gasteiger partial charge on any atom is -0.472 e. The van der Waals surface area contributed by atoms with E-state index in [0.717, 1.165) is 5.56 Å². The predicted octanol–water partition coefficient (Wildman–Crippen LogP) is 1.86. The number of ether oxygens (including phenoxy) is 2. The Balaban J connectivity index is 1.68. The summed E-state index contributed by atoms with van der Waals surface area (Å²) in [6.45, 7) is 8.43. The Hall–Kier alpha value is -2.84. The molecular formula is C17H23N5O4. The van der Waals surface area contributed by atoms with Crippen molar-refractivity contribution in [1.82, 2.24) is 25.1 Å². The Labute approximate surface area is 150 Å². The van der Waals surface area contributed by atoms with Crippen LogP contribution in [0.4, 0.5) is 4.79 Å². The molecule has 26 heavy (non-hydrogen) atoms. The highest BCUT2D eigenvalue weighted by molar-refractivity contribution is 5.68. The minimum atomic E-state index is -0.525. The second-order valence-corrected chi connectivity index (χ2v) is 7.30. The first-order chi connectivity index (χ1) is 12.2. The minimum absolute atomic E-state index is 0.165. The Morgan fingerprint density at radius 3 is 2.77 bits per heavy atom. The highest BCUT2D eigenvalue weighted by Crippen LogP contribution is 2.24. The molecule has 3 rings (SSSR count). The van der Waals surface area contributed by atoms with Gasteiger partial charge < -0.3 is 14.4 Å². The van der Waals surface area contributed by atoms with E-state index in [4.69, 9.17) is 9.47 Å². The molecule has 0 unspecified atom stereocenters. The average Bonchev–Trinajstić information content (AvgIpc) is 3.17. The van der Waals surface area contributed by atoms with Gasteiger partial charge in [0.15, 0.2) is 5.82 Å². The summed E-state index contributed by atoms with van der Waals surface area (Å²) >= 11 is 0. The molecule has 0 saturated carbocycles. The molecule has 2 N–H and O–H groups in total. The molecular weight excluding hydrogens is 338 g/mol. The van der Waals surface area contributed by atoms with E-state index in [1.807, 2.05) is 33.8 Å². The van der Waals surface area contributed by atoms with Crippen LogP contribution in [0, 0.1) is 6.92 Å². The lowest BCUT2D eigenvalue weighted by atomic mass is 10.2. The van der Waals surface area contributed by atoms with Crippen LogP contribution < -0.4 is 10.4 Å². The third-order valence-electron chi connectivity index (χ3n) is 3.87. The monoisotopic (exact) mass is 361 g/mol. The van der Waals surface area contributed by atoms with Gasteiger partial charge >= 0.3 is 11.8 Å². The lowest BCUT2D eigenvalue weighted by Crippen LogP contribution is -2.36. The number of hydrogen-bond donors (Lipinski definition) is 2. The van der Waals surface area contributed by atoms with Gasteiger partial charge in [-0.1, -0.05) is 6.07 Å². The van der Waals surface area contributed by atoms with Gasteiger partial charge in [0.2, 0.25) is 5.88 Å². The van der Waals surface area contributed by atoms with Crippen molar-refractivity contribution in [3.8, 4) is 17.4 Å². The van der Waals surface area contributed by atoms with Gasteiger partial charge in [0.05, 0.1) is 6.54 Å². The number of carbonyl (C=O) groups is 1. The van der Waals surface area contributed by atoms with Gasteiger partial charge in [-0.05, 0) is 33.8 Å². The summed E-state index contributed by atoms with van der Waals surface area (Å²) in [5.41, 5.74) is 0.449. The van der Waals surface area contributed by atoms with Crippen molar-refractivity contribution in [2.75, 3.05) is 13.1 Å². The van der Waals surface area contributed by atoms with Crippen molar-refractivity contribution >= 4 is 6.09 Å². The zero-order valence-corrected chi connectivity index (χ0v) is 15.3. The zero-order chi connectivity index (χ0) is 18.9. The van der Waals surface area contributed by atoms with Gasteiger partial charge in [0.1, 0.15) is 17.4 Å². The fraction of sp³-hybridized carbons (Fsp3) is 0.529. The SMILES string of the molecule is Cc1ccc(-c2n[nH]c(=O)[nH]2)nc1O[C@H]1CCN(C(=O)OC(C)(C)C)C1. The van der Waals surface area contributed by atoms with Crippen LogP contribution in [0.25, 0.3) is 11.5 Å². The Kier molecular flexibility index (Phi) is 4.71. The standard InChI is InChI=1S/C17H23N5O4/c1-10-5-6-12(13-19-15(23)21-20-13)18-14(10)25-11-7-8-22(9-11)16(24)26-17(2,3)4/h5-6,11H,7-9H2,1-4H3,(H2,19,20,21,23)/t11-/m0/s1. The van der Waals surface area contributed by atoms with E-state index < -0.39 is 11.3 Å². The summed E-state index contributed by atoms with van der Waals surface area (Å²) in [5.74, 6) is 0.809. The molecule has 0 spiro atoms. The van der Waals surface area contributed by atoms with Crippen molar-refractivity contribution in [2.45, 2.75) is 45.8 Å². The van der Waals surface area contributed by atoms with Crippen molar-refractivity contribution in [3.63, 3.8) is 0 Å². The van der Waals surface area contributed by atoms with Gasteiger partial charge in [-0.2, -0.15) is 5.10 Å². The first kappa shape index (κ1) is 18.0. The molecule has 1 atom stereocenters. The molecule has 1 saturated heterocycles. The van der Waals surface area contributed by atoms with E-state index >= 15 is 0 Å². The number of H-pyrrole nitrogens is 2. The molecule has 140 valence electrons. The number of aromatic amines is 2. The van der Waals surface area contributed by atoms with Crippen molar-refractivity contribution in [3.05, 3.63) is 28.2 Å². The van der Waals surface area contributed by atoms with E-state index in [1.54, 1.807) is 11.0 Å². The fourth-order valence-corrected chi connectivity index (χ4v) is 2.63. The molecule has 2 aromatic heterocycles. The van der Waals surface area contributed by atoms with E-state index in [2.05, 4.69) is 20.2 Å². The van der Waals surface area contributed by atoms with Crippen LogP contribution in [-0.2, 0) is 4.74 Å². The average molecular weight is 361 g/mol. The van der Waals surface area contributed by atoms with E-state index in [0.29, 0.717) is 36.9 Å². The lowest BCUT2D eigenvalue weighted by molar-refractivity contribution is 0.0275. The van der Waals surface area contributed by atoms with Crippen molar-refractivity contribution < 1.29 is 14.3 Å². The Morgan fingerprint density at radius 2 is 2.12 bits per heavy atom. The second kappa shape index (κ2) is 6.81. The summed E-state index contributed by atoms with van der Waals surface area (Å²) in [5, 5.41) is 6.19. The number of hydrogen-bond acceptors (Lipinski definition) is 6. The maximum Gasteiger partial charge on any atom is 0.410 e. The molecule has 1 aliphatic rings. The molecule has 1 fully saturated rings. The largest absolute Gasteiger partial charge is 0.472 e. The molecule has 9 nitrogen and oxygen atoms in total. The number of rotatable bonds is 3. The maximum absolute atomic E-state index is 12.2. The van der Waals surface area contributed by atoms with E-state index in [-0.39, 0.29) is 12.2 Å². The molecule has 3 heterocycles. The van der Waals surface area contributed by atoms with Crippen LogP contribution in [-0.4, -0.2) is 56.0 Å². The molecule has 0 aliphatic carbocycles. The first-order valence-electron chi connectivity index (χ1n) is 8.48. The number of nitrogens with zero attached hydrogens (tertiary/aromatic N) is 3. The molecule has 0 bridgehead atoms. The number of likely N-dealkylation sites (tertiary alicyclic amines) is 1. The second-order valence-electron chi connectivity index (χ2n) is 7.30. The molecule has 1 amide bonds. The number of pyridine rings is 1. The maximum atomic E-state index is 12.2. The van der Waals surface area contributed by atoms with Crippen LogP contribution in [0.15, 0.2) is 16.9 Å². The smallest absolute Gasteiger partial charge is 0.410 e. The molecule has 9 heteroatoms. The van der Waals surface area contributed by atoms with Crippen LogP contribution in [0.5, 0.6) is 5.88 Å². The number of aryl methyl sites for hydroxylation is 1. The summed E-state index contributed by atoms with van der Waals surface area (Å²) in [7, 11) is 0. The normalized spacial score (nSPS) is 17.4. The molecule has 0 radical (unpaired) electrons. The fourth-order valence-electron chi connectivity index (χ4n) is 2.63. The highest BCUT2D eigenvalue weighted by atomic mass is 16.6. The third-order valence-corrected chi connectivity index (χ3v) is 3.87.